The maximum absolute atomic E-state index is 12.6. The largest absolute Gasteiger partial charge is 0.460 e. The number of esters is 1. The molecule has 0 aliphatic carbocycles. The third-order valence-corrected chi connectivity index (χ3v) is 3.93. The molecule has 2 heterocycles. The van der Waals surface area contributed by atoms with Gasteiger partial charge in [0, 0.05) is 17.8 Å². The lowest BCUT2D eigenvalue weighted by Gasteiger charge is -2.28. The topological polar surface area (TPSA) is 78.3 Å². The van der Waals surface area contributed by atoms with Gasteiger partial charge in [0.25, 0.3) is 0 Å². The maximum Gasteiger partial charge on any atom is 0.338 e. The van der Waals surface area contributed by atoms with E-state index >= 15 is 0 Å². The molecule has 0 saturated heterocycles. The van der Waals surface area contributed by atoms with Gasteiger partial charge in [0.1, 0.15) is 19.0 Å². The minimum absolute atomic E-state index is 0.179. The number of aromatic nitrogens is 3. The standard InChI is InChI=1S/C16H17ClN4O3/c1-10-13(15(22)24-7-6-23-2)14(11-4-3-5-12(17)8-11)21-16(20-10)18-9-19-21/h3-5,8-9,14H,6-7H2,1-2H3,(H,18,19,20)/t14-/m1/s1. The van der Waals surface area contributed by atoms with Crippen LogP contribution in [0, 0.1) is 0 Å². The first-order valence-corrected chi connectivity index (χ1v) is 7.78. The van der Waals surface area contributed by atoms with E-state index < -0.39 is 12.0 Å². The van der Waals surface area contributed by atoms with Crippen LogP contribution in [0.15, 0.2) is 41.9 Å². The summed E-state index contributed by atoms with van der Waals surface area (Å²) in [5, 5.41) is 7.90. The number of carbonyl (C=O) groups excluding carboxylic acids is 1. The van der Waals surface area contributed by atoms with E-state index in [2.05, 4.69) is 15.4 Å². The van der Waals surface area contributed by atoms with Gasteiger partial charge in [-0.2, -0.15) is 10.1 Å². The fourth-order valence-corrected chi connectivity index (χ4v) is 2.83. The Hall–Kier alpha value is -2.38. The van der Waals surface area contributed by atoms with Gasteiger partial charge in [-0.25, -0.2) is 9.48 Å². The molecule has 0 fully saturated rings. The summed E-state index contributed by atoms with van der Waals surface area (Å²) in [7, 11) is 1.55. The second-order valence-corrected chi connectivity index (χ2v) is 5.71. The van der Waals surface area contributed by atoms with Crippen LogP contribution in [-0.2, 0) is 14.3 Å². The molecule has 2 aromatic rings. The van der Waals surface area contributed by atoms with Gasteiger partial charge in [-0.3, -0.25) is 0 Å². The molecule has 8 heteroatoms. The van der Waals surface area contributed by atoms with E-state index in [0.29, 0.717) is 28.8 Å². The summed E-state index contributed by atoms with van der Waals surface area (Å²) in [4.78, 5) is 16.8. The highest BCUT2D eigenvalue weighted by atomic mass is 35.5. The van der Waals surface area contributed by atoms with Gasteiger partial charge < -0.3 is 14.8 Å². The van der Waals surface area contributed by atoms with Crippen LogP contribution >= 0.6 is 11.6 Å². The Kier molecular flexibility index (Phi) is 4.82. The smallest absolute Gasteiger partial charge is 0.338 e. The summed E-state index contributed by atoms with van der Waals surface area (Å²) in [5.41, 5.74) is 1.96. The lowest BCUT2D eigenvalue weighted by atomic mass is 9.96. The van der Waals surface area contributed by atoms with Crippen molar-refractivity contribution in [3.63, 3.8) is 0 Å². The predicted molar refractivity (Wildman–Crippen MR) is 88.8 cm³/mol. The van der Waals surface area contributed by atoms with E-state index in [4.69, 9.17) is 21.1 Å². The van der Waals surface area contributed by atoms with Crippen molar-refractivity contribution in [2.45, 2.75) is 13.0 Å². The molecule has 0 amide bonds. The molecule has 0 bridgehead atoms. The summed E-state index contributed by atoms with van der Waals surface area (Å²) >= 11 is 6.12. The molecule has 0 spiro atoms. The minimum atomic E-state index is -0.461. The number of anilines is 1. The average Bonchev–Trinajstić information content (AvgIpc) is 3.01. The highest BCUT2D eigenvalue weighted by molar-refractivity contribution is 6.30. The molecule has 1 aromatic carbocycles. The lowest BCUT2D eigenvalue weighted by molar-refractivity contribution is -0.140. The number of allylic oxidation sites excluding steroid dienone is 1. The Balaban J connectivity index is 2.02. The normalized spacial score (nSPS) is 16.5. The molecule has 7 nitrogen and oxygen atoms in total. The van der Waals surface area contributed by atoms with E-state index in [-0.39, 0.29) is 6.61 Å². The second kappa shape index (κ2) is 7.02. The number of hydrogen-bond donors (Lipinski definition) is 1. The van der Waals surface area contributed by atoms with Crippen LogP contribution in [0.3, 0.4) is 0 Å². The zero-order chi connectivity index (χ0) is 17.1. The first-order valence-electron chi connectivity index (χ1n) is 7.40. The van der Waals surface area contributed by atoms with Crippen LogP contribution in [0.5, 0.6) is 0 Å². The van der Waals surface area contributed by atoms with Crippen molar-refractivity contribution in [2.24, 2.45) is 0 Å². The third-order valence-electron chi connectivity index (χ3n) is 3.70. The van der Waals surface area contributed by atoms with Gasteiger partial charge in [-0.05, 0) is 24.6 Å². The quantitative estimate of drug-likeness (QED) is 0.660. The molecule has 1 aliphatic rings. The van der Waals surface area contributed by atoms with Crippen molar-refractivity contribution < 1.29 is 14.3 Å². The van der Waals surface area contributed by atoms with Crippen LogP contribution in [0.1, 0.15) is 18.5 Å². The third kappa shape index (κ3) is 3.13. The number of benzene rings is 1. The highest BCUT2D eigenvalue weighted by Gasteiger charge is 2.34. The zero-order valence-corrected chi connectivity index (χ0v) is 14.1. The average molecular weight is 349 g/mol. The van der Waals surface area contributed by atoms with Gasteiger partial charge in [0.15, 0.2) is 0 Å². The van der Waals surface area contributed by atoms with E-state index in [9.17, 15) is 4.79 Å². The molecule has 126 valence electrons. The van der Waals surface area contributed by atoms with Gasteiger partial charge in [-0.15, -0.1) is 0 Å². The number of methoxy groups -OCH3 is 1. The number of nitrogens with one attached hydrogen (secondary N) is 1. The van der Waals surface area contributed by atoms with E-state index in [1.54, 1.807) is 23.9 Å². The summed E-state index contributed by atoms with van der Waals surface area (Å²) in [6.07, 6.45) is 1.44. The van der Waals surface area contributed by atoms with Crippen molar-refractivity contribution >= 4 is 23.5 Å². The lowest BCUT2D eigenvalue weighted by Crippen LogP contribution is -2.30. The van der Waals surface area contributed by atoms with Crippen molar-refractivity contribution in [2.75, 3.05) is 25.6 Å². The number of nitrogens with zero attached hydrogens (tertiary/aromatic N) is 3. The van der Waals surface area contributed by atoms with Gasteiger partial charge in [-0.1, -0.05) is 23.7 Å². The number of halogens is 1. The van der Waals surface area contributed by atoms with E-state index in [1.165, 1.54) is 6.33 Å². The summed E-state index contributed by atoms with van der Waals surface area (Å²) in [6, 6.07) is 6.85. The molecule has 1 N–H and O–H groups in total. The monoisotopic (exact) mass is 348 g/mol. The molecule has 0 radical (unpaired) electrons. The Morgan fingerprint density at radius 3 is 3.00 bits per heavy atom. The summed E-state index contributed by atoms with van der Waals surface area (Å²) in [6.45, 7) is 2.32. The van der Waals surface area contributed by atoms with Crippen molar-refractivity contribution in [3.8, 4) is 0 Å². The van der Waals surface area contributed by atoms with Crippen molar-refractivity contribution in [1.29, 1.82) is 0 Å². The molecule has 1 atom stereocenters. The number of rotatable bonds is 5. The SMILES string of the molecule is COCCOC(=O)C1=C(C)Nc2ncnn2[C@@H]1c1cccc(Cl)c1. The number of carbonyl (C=O) groups is 1. The van der Waals surface area contributed by atoms with Crippen LogP contribution in [-0.4, -0.2) is 41.1 Å². The Labute approximate surface area is 144 Å². The fraction of sp³-hybridized carbons (Fsp3) is 0.312. The molecule has 0 unspecified atom stereocenters. The van der Waals surface area contributed by atoms with Crippen LogP contribution < -0.4 is 5.32 Å². The van der Waals surface area contributed by atoms with Crippen LogP contribution in [0.2, 0.25) is 5.02 Å². The maximum atomic E-state index is 12.6. The first kappa shape index (κ1) is 16.5. The summed E-state index contributed by atoms with van der Waals surface area (Å²) < 4.78 is 11.9. The highest BCUT2D eigenvalue weighted by Crippen LogP contribution is 2.35. The second-order valence-electron chi connectivity index (χ2n) is 5.28. The molecule has 0 saturated carbocycles. The van der Waals surface area contributed by atoms with E-state index in [0.717, 1.165) is 5.56 Å². The molecular weight excluding hydrogens is 332 g/mol. The molecular formula is C16H17ClN4O3. The number of ether oxygens (including phenoxy) is 2. The molecule has 1 aliphatic heterocycles. The zero-order valence-electron chi connectivity index (χ0n) is 13.3. The van der Waals surface area contributed by atoms with Crippen LogP contribution in [0.25, 0.3) is 0 Å². The summed E-state index contributed by atoms with van der Waals surface area (Å²) in [5.74, 6) is 0.133. The van der Waals surface area contributed by atoms with Gasteiger partial charge >= 0.3 is 5.97 Å². The van der Waals surface area contributed by atoms with Gasteiger partial charge in [0.05, 0.1) is 12.2 Å². The van der Waals surface area contributed by atoms with Crippen LogP contribution in [0.4, 0.5) is 5.95 Å². The molecule has 24 heavy (non-hydrogen) atoms. The molecule has 3 rings (SSSR count). The molecule has 1 aromatic heterocycles. The van der Waals surface area contributed by atoms with Gasteiger partial charge in [0.2, 0.25) is 5.95 Å². The fourth-order valence-electron chi connectivity index (χ4n) is 2.64. The van der Waals surface area contributed by atoms with Crippen molar-refractivity contribution in [3.05, 3.63) is 52.4 Å². The first-order chi connectivity index (χ1) is 11.6. The minimum Gasteiger partial charge on any atom is -0.460 e. The Morgan fingerprint density at radius 1 is 1.42 bits per heavy atom. The predicted octanol–water partition coefficient (Wildman–Crippen LogP) is 2.41. The number of fused-ring (bicyclic) bond motifs is 1. The Bertz CT molecular complexity index is 787. The van der Waals surface area contributed by atoms with E-state index in [1.807, 2.05) is 19.1 Å². The Morgan fingerprint density at radius 2 is 2.25 bits per heavy atom. The van der Waals surface area contributed by atoms with Crippen molar-refractivity contribution in [1.82, 2.24) is 14.8 Å². The number of hydrogen-bond acceptors (Lipinski definition) is 6.